The fraction of sp³-hybridized carbons (Fsp3) is 0.259. The minimum Gasteiger partial charge on any atom is -0.378 e. The Kier molecular flexibility index (Phi) is 7.53. The van der Waals surface area contributed by atoms with E-state index in [1.54, 1.807) is 24.3 Å². The highest BCUT2D eigenvalue weighted by molar-refractivity contribution is 6.33. The normalized spacial score (nSPS) is 14.5. The first-order valence-electron chi connectivity index (χ1n) is 11.5. The molecule has 1 fully saturated rings. The molecule has 1 aliphatic rings. The van der Waals surface area contributed by atoms with E-state index in [0.717, 1.165) is 35.6 Å². The molecular formula is C27H28Cl2N4O2. The number of rotatable bonds is 6. The standard InChI is InChI=1S/C27H28Cl2N4O2/c1-17-15-20(5-10-25(17)31-18(2)23-16-21(28)6-9-24(23)29)27(35)33-13-11-32(12-14-33)22-7-3-19(4-8-22)26(30)34/h3-10,15-16,18,31H,11-14H2,1-2H3,(H2,30,34). The maximum absolute atomic E-state index is 13.2. The monoisotopic (exact) mass is 510 g/mol. The van der Waals surface area contributed by atoms with Crippen molar-refractivity contribution in [3.05, 3.63) is 93.0 Å². The summed E-state index contributed by atoms with van der Waals surface area (Å²) in [4.78, 5) is 28.5. The molecule has 35 heavy (non-hydrogen) atoms. The lowest BCUT2D eigenvalue weighted by atomic mass is 10.0. The van der Waals surface area contributed by atoms with Crippen LogP contribution < -0.4 is 16.0 Å². The minimum atomic E-state index is -0.439. The predicted molar refractivity (Wildman–Crippen MR) is 143 cm³/mol. The zero-order valence-electron chi connectivity index (χ0n) is 19.7. The van der Waals surface area contributed by atoms with E-state index in [9.17, 15) is 9.59 Å². The second-order valence-electron chi connectivity index (χ2n) is 8.75. The van der Waals surface area contributed by atoms with Gasteiger partial charge in [0.25, 0.3) is 5.91 Å². The molecule has 0 saturated carbocycles. The van der Waals surface area contributed by atoms with E-state index >= 15 is 0 Å². The molecule has 4 rings (SSSR count). The van der Waals surface area contributed by atoms with Crippen molar-refractivity contribution in [2.45, 2.75) is 19.9 Å². The van der Waals surface area contributed by atoms with Gasteiger partial charge in [0.1, 0.15) is 0 Å². The van der Waals surface area contributed by atoms with E-state index in [-0.39, 0.29) is 11.9 Å². The molecule has 0 aromatic heterocycles. The molecule has 0 radical (unpaired) electrons. The third kappa shape index (κ3) is 5.72. The third-order valence-electron chi connectivity index (χ3n) is 6.35. The van der Waals surface area contributed by atoms with Crippen molar-refractivity contribution in [1.29, 1.82) is 0 Å². The van der Waals surface area contributed by atoms with Crippen LogP contribution in [0.5, 0.6) is 0 Å². The Balaban J connectivity index is 1.38. The third-order valence-corrected chi connectivity index (χ3v) is 6.93. The van der Waals surface area contributed by atoms with E-state index in [0.29, 0.717) is 34.3 Å². The van der Waals surface area contributed by atoms with Gasteiger partial charge in [-0.05, 0) is 85.6 Å². The lowest BCUT2D eigenvalue weighted by molar-refractivity contribution is 0.0746. The first-order valence-corrected chi connectivity index (χ1v) is 12.2. The lowest BCUT2D eigenvalue weighted by Crippen LogP contribution is -2.48. The molecule has 1 atom stereocenters. The van der Waals surface area contributed by atoms with Crippen LogP contribution in [0.4, 0.5) is 11.4 Å². The van der Waals surface area contributed by atoms with Crippen molar-refractivity contribution >= 4 is 46.4 Å². The number of amides is 2. The largest absolute Gasteiger partial charge is 0.378 e. The molecule has 1 unspecified atom stereocenters. The SMILES string of the molecule is Cc1cc(C(=O)N2CCN(c3ccc(C(N)=O)cc3)CC2)ccc1NC(C)c1cc(Cl)ccc1Cl. The van der Waals surface area contributed by atoms with Crippen LogP contribution in [-0.4, -0.2) is 42.9 Å². The van der Waals surface area contributed by atoms with Gasteiger partial charge in [-0.25, -0.2) is 0 Å². The van der Waals surface area contributed by atoms with Crippen LogP contribution in [0.15, 0.2) is 60.7 Å². The number of piperazine rings is 1. The van der Waals surface area contributed by atoms with Crippen LogP contribution in [0.2, 0.25) is 10.0 Å². The van der Waals surface area contributed by atoms with Gasteiger partial charge in [0.05, 0.1) is 6.04 Å². The topological polar surface area (TPSA) is 78.7 Å². The van der Waals surface area contributed by atoms with Crippen LogP contribution in [0.1, 0.15) is 44.8 Å². The van der Waals surface area contributed by atoms with Gasteiger partial charge in [-0.1, -0.05) is 23.2 Å². The fourth-order valence-corrected chi connectivity index (χ4v) is 4.76. The minimum absolute atomic E-state index is 0.0225. The number of hydrogen-bond acceptors (Lipinski definition) is 4. The Morgan fingerprint density at radius 1 is 0.914 bits per heavy atom. The number of hydrogen-bond donors (Lipinski definition) is 2. The molecule has 1 aliphatic heterocycles. The highest BCUT2D eigenvalue weighted by Gasteiger charge is 2.23. The van der Waals surface area contributed by atoms with Gasteiger partial charge in [0, 0.05) is 58.7 Å². The molecule has 3 aromatic rings. The first kappa shape index (κ1) is 24.9. The second-order valence-corrected chi connectivity index (χ2v) is 9.60. The smallest absolute Gasteiger partial charge is 0.253 e. The number of anilines is 2. The van der Waals surface area contributed by atoms with Gasteiger partial charge in [0.2, 0.25) is 5.91 Å². The highest BCUT2D eigenvalue weighted by Crippen LogP contribution is 2.30. The number of benzene rings is 3. The van der Waals surface area contributed by atoms with Crippen molar-refractivity contribution in [1.82, 2.24) is 4.90 Å². The van der Waals surface area contributed by atoms with Gasteiger partial charge in [0.15, 0.2) is 0 Å². The Hall–Kier alpha value is -3.22. The maximum atomic E-state index is 13.2. The summed E-state index contributed by atoms with van der Waals surface area (Å²) in [5, 5.41) is 4.76. The molecule has 6 nitrogen and oxygen atoms in total. The zero-order chi connectivity index (χ0) is 25.1. The predicted octanol–water partition coefficient (Wildman–Crippen LogP) is 5.54. The van der Waals surface area contributed by atoms with Crippen LogP contribution in [0, 0.1) is 6.92 Å². The number of halogens is 2. The van der Waals surface area contributed by atoms with Gasteiger partial charge in [-0.15, -0.1) is 0 Å². The van der Waals surface area contributed by atoms with Crippen molar-refractivity contribution in [2.75, 3.05) is 36.4 Å². The number of carbonyl (C=O) groups is 2. The Bertz CT molecular complexity index is 1240. The Morgan fingerprint density at radius 3 is 2.20 bits per heavy atom. The summed E-state index contributed by atoms with van der Waals surface area (Å²) in [6, 6.07) is 18.3. The van der Waals surface area contributed by atoms with E-state index in [1.165, 1.54) is 0 Å². The molecule has 1 heterocycles. The van der Waals surface area contributed by atoms with Gasteiger partial charge < -0.3 is 20.9 Å². The summed E-state index contributed by atoms with van der Waals surface area (Å²) in [6.07, 6.45) is 0. The molecule has 1 saturated heterocycles. The van der Waals surface area contributed by atoms with Gasteiger partial charge in [-0.2, -0.15) is 0 Å². The number of carbonyl (C=O) groups excluding carboxylic acids is 2. The summed E-state index contributed by atoms with van der Waals surface area (Å²) in [7, 11) is 0. The number of nitrogens with zero attached hydrogens (tertiary/aromatic N) is 2. The molecular weight excluding hydrogens is 483 g/mol. The lowest BCUT2D eigenvalue weighted by Gasteiger charge is -2.36. The van der Waals surface area contributed by atoms with Crippen molar-refractivity contribution in [3.63, 3.8) is 0 Å². The average Bonchev–Trinajstić information content (AvgIpc) is 2.86. The molecule has 2 amide bonds. The van der Waals surface area contributed by atoms with Crippen molar-refractivity contribution in [3.8, 4) is 0 Å². The van der Waals surface area contributed by atoms with Gasteiger partial charge in [-0.3, -0.25) is 9.59 Å². The number of aryl methyl sites for hydroxylation is 1. The summed E-state index contributed by atoms with van der Waals surface area (Å²) in [5.74, 6) is -0.416. The van der Waals surface area contributed by atoms with Crippen LogP contribution in [-0.2, 0) is 0 Å². The molecule has 3 aromatic carbocycles. The summed E-state index contributed by atoms with van der Waals surface area (Å²) in [5.41, 5.74) is 10.3. The van der Waals surface area contributed by atoms with E-state index in [4.69, 9.17) is 28.9 Å². The molecule has 0 aliphatic carbocycles. The highest BCUT2D eigenvalue weighted by atomic mass is 35.5. The molecule has 3 N–H and O–H groups in total. The Labute approximate surface area is 215 Å². The van der Waals surface area contributed by atoms with E-state index in [1.807, 2.05) is 55.1 Å². The number of primary amides is 1. The molecule has 0 bridgehead atoms. The average molecular weight is 511 g/mol. The summed E-state index contributed by atoms with van der Waals surface area (Å²) >= 11 is 12.5. The second kappa shape index (κ2) is 10.6. The Morgan fingerprint density at radius 2 is 1.57 bits per heavy atom. The summed E-state index contributed by atoms with van der Waals surface area (Å²) in [6.45, 7) is 6.70. The van der Waals surface area contributed by atoms with Crippen LogP contribution in [0.3, 0.4) is 0 Å². The van der Waals surface area contributed by atoms with E-state index in [2.05, 4.69) is 10.2 Å². The van der Waals surface area contributed by atoms with Gasteiger partial charge >= 0.3 is 0 Å². The molecule has 0 spiro atoms. The van der Waals surface area contributed by atoms with Crippen molar-refractivity contribution in [2.24, 2.45) is 5.73 Å². The van der Waals surface area contributed by atoms with Crippen molar-refractivity contribution < 1.29 is 9.59 Å². The van der Waals surface area contributed by atoms with E-state index < -0.39 is 5.91 Å². The number of nitrogens with two attached hydrogens (primary N) is 1. The van der Waals surface area contributed by atoms with Crippen LogP contribution in [0.25, 0.3) is 0 Å². The molecule has 8 heteroatoms. The van der Waals surface area contributed by atoms with Crippen LogP contribution >= 0.6 is 23.2 Å². The first-order chi connectivity index (χ1) is 16.7. The number of nitrogens with one attached hydrogen (secondary N) is 1. The maximum Gasteiger partial charge on any atom is 0.253 e. The molecule has 182 valence electrons. The quantitative estimate of drug-likeness (QED) is 0.456. The zero-order valence-corrected chi connectivity index (χ0v) is 21.2. The fourth-order valence-electron chi connectivity index (χ4n) is 4.30. The summed E-state index contributed by atoms with van der Waals surface area (Å²) < 4.78 is 0.